The highest BCUT2D eigenvalue weighted by Gasteiger charge is 2.29. The van der Waals surface area contributed by atoms with Gasteiger partial charge in [-0.3, -0.25) is 4.79 Å². The number of hydrogen-bond acceptors (Lipinski definition) is 5. The van der Waals surface area contributed by atoms with Crippen molar-refractivity contribution < 1.29 is 27.8 Å². The molecule has 0 amide bonds. The van der Waals surface area contributed by atoms with Crippen molar-refractivity contribution in [3.8, 4) is 11.1 Å². The molecule has 0 fully saturated rings. The maximum absolute atomic E-state index is 15.0. The molecule has 0 aromatic heterocycles. The van der Waals surface area contributed by atoms with Gasteiger partial charge in [0.2, 0.25) is 10.0 Å². The fourth-order valence-corrected chi connectivity index (χ4v) is 6.83. The number of hydrogen-bond donors (Lipinski definition) is 3. The van der Waals surface area contributed by atoms with Crippen molar-refractivity contribution in [1.29, 1.82) is 0 Å². The van der Waals surface area contributed by atoms with E-state index in [4.69, 9.17) is 5.11 Å². The zero-order valence-electron chi connectivity index (χ0n) is 23.8. The third kappa shape index (κ3) is 8.01. The van der Waals surface area contributed by atoms with Crippen LogP contribution in [0.15, 0.2) is 71.6 Å². The van der Waals surface area contributed by atoms with Gasteiger partial charge in [0, 0.05) is 37.7 Å². The van der Waals surface area contributed by atoms with Gasteiger partial charge in [0.05, 0.1) is 11.0 Å². The van der Waals surface area contributed by atoms with Crippen LogP contribution in [0.3, 0.4) is 0 Å². The number of carbonyl (C=O) groups is 1. The summed E-state index contributed by atoms with van der Waals surface area (Å²) in [6.45, 7) is 4.28. The summed E-state index contributed by atoms with van der Waals surface area (Å²) in [7, 11) is -2.65. The molecule has 0 saturated heterocycles. The summed E-state index contributed by atoms with van der Waals surface area (Å²) in [5.74, 6) is -1.06. The number of benzene rings is 3. The molecule has 0 heterocycles. The lowest BCUT2D eigenvalue weighted by Gasteiger charge is -2.31. The molecular formula is C32H39FN2O5S. The van der Waals surface area contributed by atoms with Gasteiger partial charge in [-0.1, -0.05) is 54.6 Å². The number of nitrogens with one attached hydrogen (secondary N) is 1. The van der Waals surface area contributed by atoms with Crippen molar-refractivity contribution in [1.82, 2.24) is 9.62 Å². The predicted octanol–water partition coefficient (Wildman–Crippen LogP) is 4.66. The van der Waals surface area contributed by atoms with Crippen molar-refractivity contribution in [2.45, 2.75) is 62.5 Å². The Labute approximate surface area is 242 Å². The number of sulfonamides is 1. The van der Waals surface area contributed by atoms with E-state index in [0.717, 1.165) is 35.2 Å². The summed E-state index contributed by atoms with van der Waals surface area (Å²) in [6, 6.07) is 19.1. The Morgan fingerprint density at radius 3 is 2.29 bits per heavy atom. The van der Waals surface area contributed by atoms with E-state index in [0.29, 0.717) is 17.9 Å². The van der Waals surface area contributed by atoms with E-state index in [-0.39, 0.29) is 35.5 Å². The van der Waals surface area contributed by atoms with Crippen LogP contribution in [0.25, 0.3) is 11.1 Å². The summed E-state index contributed by atoms with van der Waals surface area (Å²) >= 11 is 0. The molecule has 0 saturated carbocycles. The van der Waals surface area contributed by atoms with Crippen LogP contribution in [0, 0.1) is 11.7 Å². The van der Waals surface area contributed by atoms with E-state index in [2.05, 4.69) is 43.4 Å². The van der Waals surface area contributed by atoms with E-state index in [1.165, 1.54) is 30.3 Å². The first kappa shape index (κ1) is 30.8. The molecule has 0 spiro atoms. The number of likely N-dealkylation sites (N-methyl/N-ethyl adjacent to an activating group) is 1. The average molecular weight is 583 g/mol. The van der Waals surface area contributed by atoms with E-state index < -0.39 is 27.9 Å². The maximum atomic E-state index is 15.0. The number of aliphatic hydroxyl groups is 1. The highest BCUT2D eigenvalue weighted by atomic mass is 32.2. The van der Waals surface area contributed by atoms with Gasteiger partial charge in [-0.15, -0.1) is 0 Å². The number of aliphatic hydroxyl groups excluding tert-OH is 1. The molecule has 3 aromatic rings. The largest absolute Gasteiger partial charge is 0.481 e. The number of halogens is 1. The molecule has 7 nitrogen and oxygen atoms in total. The quantitative estimate of drug-likeness (QED) is 0.271. The molecule has 41 heavy (non-hydrogen) atoms. The first-order valence-electron chi connectivity index (χ1n) is 13.9. The van der Waals surface area contributed by atoms with Crippen LogP contribution in [-0.4, -0.2) is 60.7 Å². The smallest absolute Gasteiger partial charge is 0.303 e. The van der Waals surface area contributed by atoms with E-state index in [9.17, 15) is 18.3 Å². The van der Waals surface area contributed by atoms with Crippen molar-refractivity contribution in [2.24, 2.45) is 5.92 Å². The fourth-order valence-electron chi connectivity index (χ4n) is 5.61. The number of nitrogens with zero attached hydrogens (tertiary/aromatic N) is 1. The molecule has 220 valence electrons. The van der Waals surface area contributed by atoms with Crippen LogP contribution in [-0.2, 0) is 34.1 Å². The highest BCUT2D eigenvalue weighted by molar-refractivity contribution is 7.89. The second-order valence-electron chi connectivity index (χ2n) is 11.7. The molecule has 0 aliphatic heterocycles. The Kier molecular flexibility index (Phi) is 9.64. The number of carboxylic acids is 1. The summed E-state index contributed by atoms with van der Waals surface area (Å²) < 4.78 is 42.4. The van der Waals surface area contributed by atoms with Gasteiger partial charge in [0.1, 0.15) is 5.82 Å². The Morgan fingerprint density at radius 2 is 1.71 bits per heavy atom. The number of fused-ring (bicyclic) bond motifs is 1. The Hall–Kier alpha value is -3.11. The molecule has 9 heteroatoms. The lowest BCUT2D eigenvalue weighted by molar-refractivity contribution is -0.136. The molecule has 1 atom stereocenters. The van der Waals surface area contributed by atoms with Crippen molar-refractivity contribution in [3.05, 3.63) is 89.2 Å². The van der Waals surface area contributed by atoms with Gasteiger partial charge < -0.3 is 15.5 Å². The minimum atomic E-state index is -4.03. The third-order valence-electron chi connectivity index (χ3n) is 7.76. The Bertz CT molecular complexity index is 1450. The number of rotatable bonds is 13. The van der Waals surface area contributed by atoms with Gasteiger partial charge in [-0.25, -0.2) is 12.8 Å². The Balaban J connectivity index is 1.32. The number of carboxylic acid groups (broad SMARTS) is 1. The molecule has 1 aliphatic carbocycles. The zero-order chi connectivity index (χ0) is 29.8. The van der Waals surface area contributed by atoms with E-state index in [1.54, 1.807) is 24.3 Å². The van der Waals surface area contributed by atoms with Crippen molar-refractivity contribution in [2.75, 3.05) is 20.1 Å². The lowest BCUT2D eigenvalue weighted by Crippen LogP contribution is -2.47. The monoisotopic (exact) mass is 582 g/mol. The van der Waals surface area contributed by atoms with Gasteiger partial charge in [-0.05, 0) is 79.8 Å². The van der Waals surface area contributed by atoms with Gasteiger partial charge >= 0.3 is 5.97 Å². The molecule has 3 N–H and O–H groups in total. The first-order valence-corrected chi connectivity index (χ1v) is 15.3. The second-order valence-corrected chi connectivity index (χ2v) is 13.7. The summed E-state index contributed by atoms with van der Waals surface area (Å²) in [5.41, 5.74) is 4.18. The van der Waals surface area contributed by atoms with Gasteiger partial charge in [-0.2, -0.15) is 4.31 Å². The predicted molar refractivity (Wildman–Crippen MR) is 158 cm³/mol. The normalized spacial score (nSPS) is 14.8. The van der Waals surface area contributed by atoms with Gasteiger partial charge in [0.25, 0.3) is 0 Å². The fraction of sp³-hybridized carbons (Fsp3) is 0.406. The topological polar surface area (TPSA) is 107 Å². The van der Waals surface area contributed by atoms with Crippen LogP contribution in [0.5, 0.6) is 0 Å². The highest BCUT2D eigenvalue weighted by Crippen LogP contribution is 2.32. The zero-order valence-corrected chi connectivity index (χ0v) is 24.6. The van der Waals surface area contributed by atoms with Crippen molar-refractivity contribution >= 4 is 16.0 Å². The molecule has 1 aliphatic rings. The van der Waals surface area contributed by atoms with Crippen LogP contribution in [0.2, 0.25) is 0 Å². The van der Waals surface area contributed by atoms with Crippen LogP contribution in [0.4, 0.5) is 4.39 Å². The maximum Gasteiger partial charge on any atom is 0.303 e. The van der Waals surface area contributed by atoms with Crippen LogP contribution >= 0.6 is 0 Å². The molecule has 0 bridgehead atoms. The lowest BCUT2D eigenvalue weighted by atomic mass is 9.88. The average Bonchev–Trinajstić information content (AvgIpc) is 3.32. The van der Waals surface area contributed by atoms with Gasteiger partial charge in [0.15, 0.2) is 0 Å². The summed E-state index contributed by atoms with van der Waals surface area (Å²) in [6.07, 6.45) is 2.44. The SMILES string of the molecule is CN(C[C@H](O)CNC(C)(C)CC1Cc2ccccc2C1)S(=O)(=O)c1ccc(-c2ccc(CCC(=O)O)cc2)c(F)c1. The number of β-amino-alcohol motifs (C(OH)–C–C–N with tert-alkyl or cyclic N) is 1. The van der Waals surface area contributed by atoms with Crippen LogP contribution < -0.4 is 5.32 Å². The summed E-state index contributed by atoms with van der Waals surface area (Å²) in [4.78, 5) is 10.6. The minimum Gasteiger partial charge on any atom is -0.481 e. The van der Waals surface area contributed by atoms with Crippen molar-refractivity contribution in [3.63, 3.8) is 0 Å². The molecule has 3 aromatic carbocycles. The minimum absolute atomic E-state index is 0.00597. The summed E-state index contributed by atoms with van der Waals surface area (Å²) in [5, 5.41) is 22.9. The van der Waals surface area contributed by atoms with Crippen LogP contribution in [0.1, 0.15) is 43.4 Å². The van der Waals surface area contributed by atoms with E-state index in [1.807, 2.05) is 0 Å². The molecule has 0 radical (unpaired) electrons. The third-order valence-corrected chi connectivity index (χ3v) is 9.58. The Morgan fingerprint density at radius 1 is 1.07 bits per heavy atom. The second kappa shape index (κ2) is 12.8. The standard InChI is InChI=1S/C32H39FN2O5S/c1-32(2,19-23-16-25-6-4-5-7-26(25)17-23)34-20-27(36)21-35(3)41(39,40)28-13-14-29(30(33)18-28)24-11-8-22(9-12-24)10-15-31(37)38/h4-9,11-14,18,23,27,34,36H,10,15-17,19-21H2,1-3H3,(H,37,38)/t27-/m1/s1. The molecular weight excluding hydrogens is 543 g/mol. The molecule has 4 rings (SSSR count). The first-order chi connectivity index (χ1) is 19.3. The number of aliphatic carboxylic acids is 1. The van der Waals surface area contributed by atoms with E-state index >= 15 is 4.39 Å². The number of aryl methyl sites for hydroxylation is 1. The molecule has 0 unspecified atom stereocenters.